The third-order valence-corrected chi connectivity index (χ3v) is 8.38. The van der Waals surface area contributed by atoms with Crippen LogP contribution in [0.25, 0.3) is 0 Å². The number of nitrogens with one attached hydrogen (secondary N) is 1. The van der Waals surface area contributed by atoms with Gasteiger partial charge in [-0.25, -0.2) is 13.2 Å². The second-order valence-corrected chi connectivity index (χ2v) is 11.5. The molecule has 1 heterocycles. The zero-order valence-corrected chi connectivity index (χ0v) is 23.3. The maximum atomic E-state index is 13.6. The molecule has 0 unspecified atom stereocenters. The van der Waals surface area contributed by atoms with Crippen LogP contribution in [0.3, 0.4) is 0 Å². The molecule has 10 nitrogen and oxygen atoms in total. The molecular formula is C28H38N2O8S. The fourth-order valence-corrected chi connectivity index (χ4v) is 5.79. The van der Waals surface area contributed by atoms with Gasteiger partial charge in [0.05, 0.1) is 37.4 Å². The van der Waals surface area contributed by atoms with Crippen molar-refractivity contribution in [2.45, 2.75) is 62.2 Å². The molecule has 0 radical (unpaired) electrons. The number of aliphatic hydroxyl groups excluding tert-OH is 1. The van der Waals surface area contributed by atoms with Crippen LogP contribution in [0.1, 0.15) is 38.2 Å². The number of aliphatic hydroxyl groups is 1. The van der Waals surface area contributed by atoms with Crippen molar-refractivity contribution in [1.29, 1.82) is 0 Å². The maximum Gasteiger partial charge on any atom is 0.407 e. The highest BCUT2D eigenvalue weighted by Gasteiger charge is 2.31. The summed E-state index contributed by atoms with van der Waals surface area (Å²) in [6.07, 6.45) is -0.174. The Kier molecular flexibility index (Phi) is 11.7. The van der Waals surface area contributed by atoms with E-state index in [1.807, 2.05) is 30.3 Å². The molecule has 2 N–H and O–H groups in total. The normalized spacial score (nSPS) is 17.0. The van der Waals surface area contributed by atoms with Gasteiger partial charge < -0.3 is 29.4 Å². The lowest BCUT2D eigenvalue weighted by Gasteiger charge is -2.30. The van der Waals surface area contributed by atoms with Crippen LogP contribution in [0, 0.1) is 0 Å². The van der Waals surface area contributed by atoms with Crippen LogP contribution in [0.4, 0.5) is 4.79 Å². The maximum absolute atomic E-state index is 13.6. The molecule has 39 heavy (non-hydrogen) atoms. The fourth-order valence-electron chi connectivity index (χ4n) is 4.30. The van der Waals surface area contributed by atoms with E-state index >= 15 is 0 Å². The highest BCUT2D eigenvalue weighted by molar-refractivity contribution is 7.89. The largest absolute Gasteiger partial charge is 0.497 e. The Balaban J connectivity index is 1.80. The van der Waals surface area contributed by atoms with Crippen molar-refractivity contribution >= 4 is 21.9 Å². The predicted octanol–water partition coefficient (Wildman–Crippen LogP) is 2.93. The number of sulfonamides is 1. The minimum Gasteiger partial charge on any atom is -0.497 e. The molecule has 1 amide bonds. The zero-order valence-electron chi connectivity index (χ0n) is 22.5. The first kappa shape index (κ1) is 30.6. The van der Waals surface area contributed by atoms with E-state index in [4.69, 9.17) is 14.2 Å². The number of hydrogen-bond donors (Lipinski definition) is 2. The lowest BCUT2D eigenvalue weighted by atomic mass is 10.0. The Labute approximate surface area is 230 Å². The van der Waals surface area contributed by atoms with E-state index in [-0.39, 0.29) is 36.3 Å². The average molecular weight is 563 g/mol. The minimum atomic E-state index is -4.00. The lowest BCUT2D eigenvalue weighted by molar-refractivity contribution is -0.117. The number of rotatable bonds is 15. The monoisotopic (exact) mass is 562 g/mol. The average Bonchev–Trinajstić information content (AvgIpc) is 3.43. The lowest BCUT2D eigenvalue weighted by Crippen LogP contribution is -2.51. The number of carbonyl (C=O) groups excluding carboxylic acids is 2. The standard InChI is InChI=1S/C28H38N2O8S/c1-21(31)8-6-7-16-30(39(34,35)25-13-11-23(36-2)12-14-25)19-27(32)26(18-22-9-4-3-5-10-22)29-28(33)38-24-15-17-37-20-24/h3-5,9-14,24,26-27,32H,6-8,15-20H2,1-2H3,(H,29,33)/t24-,26-,27-/m0/s1. The van der Waals surface area contributed by atoms with Gasteiger partial charge in [0, 0.05) is 25.9 Å². The molecule has 214 valence electrons. The van der Waals surface area contributed by atoms with Crippen molar-refractivity contribution in [2.75, 3.05) is 33.4 Å². The van der Waals surface area contributed by atoms with Crippen LogP contribution < -0.4 is 10.1 Å². The van der Waals surface area contributed by atoms with Gasteiger partial charge >= 0.3 is 6.09 Å². The number of Topliss-reactive ketones (excluding diaryl/α,β-unsaturated/α-hetero) is 1. The van der Waals surface area contributed by atoms with Gasteiger partial charge in [0.15, 0.2) is 0 Å². The third kappa shape index (κ3) is 9.61. The van der Waals surface area contributed by atoms with Crippen molar-refractivity contribution in [3.05, 3.63) is 60.2 Å². The van der Waals surface area contributed by atoms with Crippen LogP contribution in [-0.2, 0) is 30.7 Å². The van der Waals surface area contributed by atoms with E-state index in [0.29, 0.717) is 44.6 Å². The summed E-state index contributed by atoms with van der Waals surface area (Å²) in [6, 6.07) is 14.5. The van der Waals surface area contributed by atoms with E-state index in [1.165, 1.54) is 30.5 Å². The van der Waals surface area contributed by atoms with Crippen molar-refractivity contribution in [3.63, 3.8) is 0 Å². The van der Waals surface area contributed by atoms with Gasteiger partial charge in [-0.05, 0) is 56.0 Å². The number of hydrogen-bond acceptors (Lipinski definition) is 8. The van der Waals surface area contributed by atoms with Gasteiger partial charge in [0.25, 0.3) is 0 Å². The van der Waals surface area contributed by atoms with Crippen LogP contribution in [0.2, 0.25) is 0 Å². The molecule has 11 heteroatoms. The molecule has 0 spiro atoms. The van der Waals surface area contributed by atoms with Crippen molar-refractivity contribution in [2.24, 2.45) is 0 Å². The van der Waals surface area contributed by atoms with Crippen molar-refractivity contribution in [1.82, 2.24) is 9.62 Å². The second kappa shape index (κ2) is 15.0. The Morgan fingerprint density at radius 2 is 1.85 bits per heavy atom. The molecule has 3 rings (SSSR count). The number of nitrogens with zero attached hydrogens (tertiary/aromatic N) is 1. The molecule has 2 aromatic rings. The second-order valence-electron chi connectivity index (χ2n) is 9.60. The third-order valence-electron chi connectivity index (χ3n) is 6.50. The summed E-state index contributed by atoms with van der Waals surface area (Å²) in [4.78, 5) is 24.1. The molecule has 1 fully saturated rings. The number of alkyl carbamates (subject to hydrolysis) is 1. The van der Waals surface area contributed by atoms with E-state index in [1.54, 1.807) is 12.1 Å². The molecule has 2 aromatic carbocycles. The number of amides is 1. The number of unbranched alkanes of at least 4 members (excludes halogenated alkanes) is 1. The smallest absolute Gasteiger partial charge is 0.407 e. The van der Waals surface area contributed by atoms with Crippen molar-refractivity contribution in [3.8, 4) is 5.75 Å². The van der Waals surface area contributed by atoms with Crippen LogP contribution in [-0.4, -0.2) is 81.4 Å². The van der Waals surface area contributed by atoms with Gasteiger partial charge in [-0.15, -0.1) is 0 Å². The molecular weight excluding hydrogens is 524 g/mol. The number of ketones is 1. The molecule has 1 saturated heterocycles. The van der Waals surface area contributed by atoms with Crippen LogP contribution in [0.5, 0.6) is 5.75 Å². The fraction of sp³-hybridized carbons (Fsp3) is 0.500. The number of ether oxygens (including phenoxy) is 3. The van der Waals surface area contributed by atoms with E-state index in [9.17, 15) is 23.1 Å². The Morgan fingerprint density at radius 3 is 2.46 bits per heavy atom. The van der Waals surface area contributed by atoms with Crippen LogP contribution in [0.15, 0.2) is 59.5 Å². The summed E-state index contributed by atoms with van der Waals surface area (Å²) in [5.41, 5.74) is 0.858. The van der Waals surface area contributed by atoms with Crippen LogP contribution >= 0.6 is 0 Å². The van der Waals surface area contributed by atoms with E-state index < -0.39 is 28.3 Å². The van der Waals surface area contributed by atoms with E-state index in [0.717, 1.165) is 5.56 Å². The number of methoxy groups -OCH3 is 1. The first-order chi connectivity index (χ1) is 18.7. The Morgan fingerprint density at radius 1 is 1.13 bits per heavy atom. The molecule has 0 aliphatic carbocycles. The first-order valence-electron chi connectivity index (χ1n) is 13.1. The molecule has 0 aromatic heterocycles. The summed E-state index contributed by atoms with van der Waals surface area (Å²) in [5.74, 6) is 0.540. The molecule has 0 bridgehead atoms. The SMILES string of the molecule is COc1ccc(S(=O)(=O)N(CCCCC(C)=O)C[C@H](O)[C@H](Cc2ccccc2)NC(=O)O[C@H]2CCOC2)cc1. The molecule has 0 saturated carbocycles. The Bertz CT molecular complexity index is 1150. The predicted molar refractivity (Wildman–Crippen MR) is 145 cm³/mol. The van der Waals surface area contributed by atoms with Gasteiger partial charge in [0.2, 0.25) is 10.0 Å². The van der Waals surface area contributed by atoms with Gasteiger partial charge in [-0.3, -0.25) is 0 Å². The summed E-state index contributed by atoms with van der Waals surface area (Å²) in [6.45, 7) is 2.15. The molecule has 1 aliphatic heterocycles. The number of benzene rings is 2. The van der Waals surface area contributed by atoms with Gasteiger partial charge in [-0.1, -0.05) is 30.3 Å². The summed E-state index contributed by atoms with van der Waals surface area (Å²) in [7, 11) is -2.51. The van der Waals surface area contributed by atoms with Gasteiger partial charge in [0.1, 0.15) is 17.6 Å². The number of carbonyl (C=O) groups is 2. The quantitative estimate of drug-likeness (QED) is 0.317. The summed E-state index contributed by atoms with van der Waals surface area (Å²) >= 11 is 0. The Hall–Kier alpha value is -2.99. The highest BCUT2D eigenvalue weighted by Crippen LogP contribution is 2.21. The van der Waals surface area contributed by atoms with Crippen molar-refractivity contribution < 1.29 is 37.3 Å². The zero-order chi connectivity index (χ0) is 28.3. The molecule has 1 aliphatic rings. The highest BCUT2D eigenvalue weighted by atomic mass is 32.2. The van der Waals surface area contributed by atoms with E-state index in [2.05, 4.69) is 5.32 Å². The molecule has 3 atom stereocenters. The summed E-state index contributed by atoms with van der Waals surface area (Å²) < 4.78 is 44.3. The first-order valence-corrected chi connectivity index (χ1v) is 14.5. The summed E-state index contributed by atoms with van der Waals surface area (Å²) in [5, 5.41) is 14.0. The minimum absolute atomic E-state index is 0.0258. The topological polar surface area (TPSA) is 131 Å². The van der Waals surface area contributed by atoms with Gasteiger partial charge in [-0.2, -0.15) is 4.31 Å².